The van der Waals surface area contributed by atoms with Gasteiger partial charge in [0.25, 0.3) is 0 Å². The largest absolute Gasteiger partial charge is 0.441 e. The zero-order chi connectivity index (χ0) is 13.8. The molecule has 0 aliphatic rings. The number of anilines is 1. The van der Waals surface area contributed by atoms with Crippen molar-refractivity contribution in [2.75, 3.05) is 19.0 Å². The maximum absolute atomic E-state index is 11.9. The third-order valence-corrected chi connectivity index (χ3v) is 3.11. The fraction of sp³-hybridized carbons (Fsp3) is 0.133. The first kappa shape index (κ1) is 13.6. The normalized spacial score (nSPS) is 10.9. The molecule has 0 N–H and O–H groups in total. The van der Waals surface area contributed by atoms with Crippen LogP contribution in [0.2, 0.25) is 0 Å². The number of benzene rings is 1. The van der Waals surface area contributed by atoms with Gasteiger partial charge in [-0.15, -0.1) is 0 Å². The zero-order valence-corrected chi connectivity index (χ0v) is 12.3. The lowest BCUT2D eigenvalue weighted by Crippen LogP contribution is -2.06. The van der Waals surface area contributed by atoms with Crippen LogP contribution in [0.5, 0.6) is 0 Å². The molecule has 0 atom stereocenters. The minimum absolute atomic E-state index is 0.0460. The molecule has 2 rings (SSSR count). The quantitative estimate of drug-likeness (QED) is 0.630. The Hall–Kier alpha value is -1.81. The Bertz CT molecular complexity index is 597. The fourth-order valence-electron chi connectivity index (χ4n) is 1.54. The number of hydrogen-bond acceptors (Lipinski definition) is 3. The number of furan rings is 1. The van der Waals surface area contributed by atoms with Crippen LogP contribution in [0.25, 0.3) is 6.08 Å². The van der Waals surface area contributed by atoms with Crippen LogP contribution in [0.15, 0.2) is 51.4 Å². The average molecular weight is 320 g/mol. The summed E-state index contributed by atoms with van der Waals surface area (Å²) in [6, 6.07) is 11.0. The summed E-state index contributed by atoms with van der Waals surface area (Å²) in [5.41, 5.74) is 0.652. The summed E-state index contributed by atoms with van der Waals surface area (Å²) in [4.78, 5) is 13.8. The molecular formula is C15H14BrNO2. The van der Waals surface area contributed by atoms with Gasteiger partial charge in [-0.1, -0.05) is 15.9 Å². The van der Waals surface area contributed by atoms with Crippen LogP contribution in [0, 0.1) is 0 Å². The summed E-state index contributed by atoms with van der Waals surface area (Å²) in [5.74, 6) is 1.38. The number of allylic oxidation sites excluding steroid dienone is 1. The summed E-state index contributed by atoms with van der Waals surface area (Å²) >= 11 is 3.34. The summed E-state index contributed by atoms with van der Waals surface area (Å²) < 4.78 is 6.48. The molecule has 19 heavy (non-hydrogen) atoms. The number of carbonyl (C=O) groups is 1. The first-order valence-electron chi connectivity index (χ1n) is 5.81. The lowest BCUT2D eigenvalue weighted by atomic mass is 10.1. The number of halogens is 1. The van der Waals surface area contributed by atoms with Crippen LogP contribution in [0.3, 0.4) is 0 Å². The number of nitrogens with zero attached hydrogens (tertiary/aromatic N) is 1. The van der Waals surface area contributed by atoms with Crippen molar-refractivity contribution in [3.05, 3.63) is 58.3 Å². The molecule has 0 saturated heterocycles. The Kier molecular flexibility index (Phi) is 4.22. The molecule has 0 amide bonds. The Balaban J connectivity index is 2.09. The lowest BCUT2D eigenvalue weighted by molar-refractivity contribution is 0.104. The molecule has 2 aromatic rings. The lowest BCUT2D eigenvalue weighted by Gasteiger charge is -2.05. The molecule has 0 fully saturated rings. The first-order chi connectivity index (χ1) is 9.06. The van der Waals surface area contributed by atoms with Gasteiger partial charge in [0, 0.05) is 30.2 Å². The molecule has 1 heterocycles. The molecule has 98 valence electrons. The Morgan fingerprint density at radius 1 is 1.16 bits per heavy atom. The van der Waals surface area contributed by atoms with E-state index in [1.165, 1.54) is 6.08 Å². The maximum atomic E-state index is 11.9. The minimum atomic E-state index is -0.0460. The number of carbonyl (C=O) groups excluding carboxylic acids is 1. The Morgan fingerprint density at radius 3 is 2.42 bits per heavy atom. The summed E-state index contributed by atoms with van der Waals surface area (Å²) in [6.45, 7) is 0. The van der Waals surface area contributed by atoms with E-state index >= 15 is 0 Å². The molecule has 0 aliphatic carbocycles. The van der Waals surface area contributed by atoms with Crippen molar-refractivity contribution in [1.82, 2.24) is 0 Å². The topological polar surface area (TPSA) is 33.5 Å². The van der Waals surface area contributed by atoms with E-state index in [4.69, 9.17) is 4.42 Å². The van der Waals surface area contributed by atoms with Crippen LogP contribution in [0.4, 0.5) is 5.88 Å². The van der Waals surface area contributed by atoms with E-state index in [-0.39, 0.29) is 5.78 Å². The molecule has 0 spiro atoms. The van der Waals surface area contributed by atoms with E-state index in [2.05, 4.69) is 15.9 Å². The van der Waals surface area contributed by atoms with E-state index in [0.29, 0.717) is 11.3 Å². The standard InChI is InChI=1S/C15H14BrNO2/c1-17(2)15-10-8-13(19-15)7-9-14(18)11-3-5-12(16)6-4-11/h3-10H,1-2H3/b9-7+. The van der Waals surface area contributed by atoms with E-state index in [9.17, 15) is 4.79 Å². The average Bonchev–Trinajstić information content (AvgIpc) is 2.86. The molecule has 0 unspecified atom stereocenters. The van der Waals surface area contributed by atoms with Gasteiger partial charge in [-0.25, -0.2) is 0 Å². The fourth-order valence-corrected chi connectivity index (χ4v) is 1.80. The monoisotopic (exact) mass is 319 g/mol. The molecule has 1 aromatic heterocycles. The van der Waals surface area contributed by atoms with E-state index in [1.54, 1.807) is 18.2 Å². The predicted octanol–water partition coefficient (Wildman–Crippen LogP) is 4.00. The molecule has 0 bridgehead atoms. The van der Waals surface area contributed by atoms with Crippen molar-refractivity contribution < 1.29 is 9.21 Å². The number of hydrogen-bond donors (Lipinski definition) is 0. The van der Waals surface area contributed by atoms with Crippen LogP contribution >= 0.6 is 15.9 Å². The van der Waals surface area contributed by atoms with Gasteiger partial charge in [-0.05, 0) is 42.5 Å². The molecule has 1 aromatic carbocycles. The summed E-state index contributed by atoms with van der Waals surface area (Å²) in [7, 11) is 3.80. The van der Waals surface area contributed by atoms with Crippen molar-refractivity contribution in [3.63, 3.8) is 0 Å². The summed E-state index contributed by atoms with van der Waals surface area (Å²) in [5, 5.41) is 0. The highest BCUT2D eigenvalue weighted by Crippen LogP contribution is 2.17. The predicted molar refractivity (Wildman–Crippen MR) is 80.5 cm³/mol. The van der Waals surface area contributed by atoms with E-state index in [1.807, 2.05) is 43.3 Å². The van der Waals surface area contributed by atoms with Crippen LogP contribution < -0.4 is 4.90 Å². The highest BCUT2D eigenvalue weighted by molar-refractivity contribution is 9.10. The molecule has 0 saturated carbocycles. The third kappa shape index (κ3) is 3.58. The second kappa shape index (κ2) is 5.89. The Morgan fingerprint density at radius 2 is 1.84 bits per heavy atom. The third-order valence-electron chi connectivity index (χ3n) is 2.58. The zero-order valence-electron chi connectivity index (χ0n) is 10.8. The van der Waals surface area contributed by atoms with Gasteiger partial charge in [0.1, 0.15) is 5.76 Å². The number of ketones is 1. The van der Waals surface area contributed by atoms with Gasteiger partial charge < -0.3 is 9.32 Å². The first-order valence-corrected chi connectivity index (χ1v) is 6.61. The van der Waals surface area contributed by atoms with Crippen molar-refractivity contribution in [3.8, 4) is 0 Å². The molecule has 3 nitrogen and oxygen atoms in total. The highest BCUT2D eigenvalue weighted by atomic mass is 79.9. The molecular weight excluding hydrogens is 306 g/mol. The second-order valence-corrected chi connectivity index (χ2v) is 5.19. The van der Waals surface area contributed by atoms with Crippen molar-refractivity contribution in [2.45, 2.75) is 0 Å². The maximum Gasteiger partial charge on any atom is 0.195 e. The molecule has 4 heteroatoms. The van der Waals surface area contributed by atoms with Gasteiger partial charge in [0.15, 0.2) is 11.7 Å². The van der Waals surface area contributed by atoms with Gasteiger partial charge in [0.05, 0.1) is 0 Å². The van der Waals surface area contributed by atoms with Gasteiger partial charge in [-0.2, -0.15) is 0 Å². The summed E-state index contributed by atoms with van der Waals surface area (Å²) in [6.07, 6.45) is 3.19. The van der Waals surface area contributed by atoms with Crippen molar-refractivity contribution in [2.24, 2.45) is 0 Å². The van der Waals surface area contributed by atoms with Gasteiger partial charge in [-0.3, -0.25) is 4.79 Å². The number of rotatable bonds is 4. The van der Waals surface area contributed by atoms with Crippen molar-refractivity contribution >= 4 is 33.7 Å². The molecule has 0 radical (unpaired) electrons. The van der Waals surface area contributed by atoms with Crippen molar-refractivity contribution in [1.29, 1.82) is 0 Å². The Labute approximate surface area is 120 Å². The smallest absolute Gasteiger partial charge is 0.195 e. The highest BCUT2D eigenvalue weighted by Gasteiger charge is 2.03. The van der Waals surface area contributed by atoms with E-state index < -0.39 is 0 Å². The van der Waals surface area contributed by atoms with Crippen LogP contribution in [0.1, 0.15) is 16.1 Å². The second-order valence-electron chi connectivity index (χ2n) is 4.27. The van der Waals surface area contributed by atoms with Crippen LogP contribution in [-0.4, -0.2) is 19.9 Å². The minimum Gasteiger partial charge on any atom is -0.441 e. The van der Waals surface area contributed by atoms with E-state index in [0.717, 1.165) is 10.4 Å². The van der Waals surface area contributed by atoms with Gasteiger partial charge >= 0.3 is 0 Å². The SMILES string of the molecule is CN(C)c1ccc(/C=C/C(=O)c2ccc(Br)cc2)o1. The molecule has 0 aliphatic heterocycles. The van der Waals surface area contributed by atoms with Crippen LogP contribution in [-0.2, 0) is 0 Å². The van der Waals surface area contributed by atoms with Gasteiger partial charge in [0.2, 0.25) is 0 Å².